The molecule has 122 valence electrons. The van der Waals surface area contributed by atoms with Crippen LogP contribution in [0.25, 0.3) is 11.5 Å². The van der Waals surface area contributed by atoms with Crippen LogP contribution in [0.15, 0.2) is 28.7 Å². The minimum Gasteiger partial charge on any atom is -0.419 e. The second kappa shape index (κ2) is 8.30. The van der Waals surface area contributed by atoms with Gasteiger partial charge in [-0.15, -0.1) is 0 Å². The summed E-state index contributed by atoms with van der Waals surface area (Å²) in [5.74, 6) is 0.00624. The Bertz CT molecular complexity index is 673. The first-order chi connectivity index (χ1) is 11.2. The molecule has 0 aliphatic heterocycles. The molecule has 0 amide bonds. The quantitative estimate of drug-likeness (QED) is 0.732. The Morgan fingerprint density at radius 2 is 2.04 bits per heavy atom. The fourth-order valence-corrected chi connectivity index (χ4v) is 2.41. The molecule has 0 fully saturated rings. The zero-order valence-corrected chi connectivity index (χ0v) is 13.5. The van der Waals surface area contributed by atoms with Crippen LogP contribution >= 0.6 is 0 Å². The number of quaternary nitrogens is 1. The van der Waals surface area contributed by atoms with Gasteiger partial charge in [0, 0.05) is 13.0 Å². The van der Waals surface area contributed by atoms with Gasteiger partial charge in [-0.05, 0) is 26.0 Å². The predicted molar refractivity (Wildman–Crippen MR) is 86.6 cm³/mol. The number of nitrogens with one attached hydrogen (secondary N) is 2. The zero-order valence-electron chi connectivity index (χ0n) is 13.5. The van der Waals surface area contributed by atoms with Crippen molar-refractivity contribution < 1.29 is 13.7 Å². The third-order valence-corrected chi connectivity index (χ3v) is 3.83. The standard InChI is InChI=1S/C17H21FN4O/c1-3-22(4-2)11-7-10-20-17-15(12-19)21-16(23-17)13-8-5-6-9-14(13)18/h5-6,8-9,20H,3-4,7,10-11H2,1-2H3/p+1. The third-order valence-electron chi connectivity index (χ3n) is 3.83. The van der Waals surface area contributed by atoms with Crippen LogP contribution in [-0.4, -0.2) is 31.2 Å². The summed E-state index contributed by atoms with van der Waals surface area (Å²) in [5, 5.41) is 12.2. The smallest absolute Gasteiger partial charge is 0.233 e. The molecular formula is C17H22FN4O+. The van der Waals surface area contributed by atoms with Gasteiger partial charge in [0.2, 0.25) is 17.5 Å². The second-order valence-corrected chi connectivity index (χ2v) is 5.28. The van der Waals surface area contributed by atoms with E-state index in [1.165, 1.54) is 11.0 Å². The monoisotopic (exact) mass is 317 g/mol. The van der Waals surface area contributed by atoms with Gasteiger partial charge >= 0.3 is 0 Å². The van der Waals surface area contributed by atoms with Crippen LogP contribution in [0.2, 0.25) is 0 Å². The lowest BCUT2D eigenvalue weighted by molar-refractivity contribution is -0.896. The van der Waals surface area contributed by atoms with Crippen molar-refractivity contribution in [3.05, 3.63) is 35.8 Å². The molecule has 1 heterocycles. The zero-order chi connectivity index (χ0) is 16.7. The molecule has 0 saturated carbocycles. The average Bonchev–Trinajstić information content (AvgIpc) is 2.98. The Morgan fingerprint density at radius 3 is 2.70 bits per heavy atom. The summed E-state index contributed by atoms with van der Waals surface area (Å²) in [5.41, 5.74) is 0.406. The van der Waals surface area contributed by atoms with Crippen molar-refractivity contribution in [2.24, 2.45) is 0 Å². The van der Waals surface area contributed by atoms with Gasteiger partial charge in [0.1, 0.15) is 11.9 Å². The van der Waals surface area contributed by atoms with E-state index >= 15 is 0 Å². The Balaban J connectivity index is 2.03. The van der Waals surface area contributed by atoms with Crippen molar-refractivity contribution in [3.63, 3.8) is 0 Å². The first-order valence-corrected chi connectivity index (χ1v) is 7.92. The number of anilines is 1. The van der Waals surface area contributed by atoms with Crippen LogP contribution in [0.4, 0.5) is 10.3 Å². The van der Waals surface area contributed by atoms with Gasteiger partial charge in [-0.1, -0.05) is 12.1 Å². The molecule has 0 aliphatic rings. The van der Waals surface area contributed by atoms with E-state index in [0.29, 0.717) is 12.4 Å². The van der Waals surface area contributed by atoms with Gasteiger partial charge in [0.15, 0.2) is 0 Å². The molecule has 0 spiro atoms. The topological polar surface area (TPSA) is 66.3 Å². The van der Waals surface area contributed by atoms with Crippen molar-refractivity contribution in [1.29, 1.82) is 5.26 Å². The Hall–Kier alpha value is -2.39. The Labute approximate surface area is 135 Å². The van der Waals surface area contributed by atoms with Crippen molar-refractivity contribution in [2.75, 3.05) is 31.5 Å². The SMILES string of the molecule is CC[NH+](CC)CCCNc1oc(-c2ccccc2F)nc1C#N. The highest BCUT2D eigenvalue weighted by Gasteiger charge is 2.16. The molecule has 2 N–H and O–H groups in total. The van der Waals surface area contributed by atoms with Crippen LogP contribution in [0.5, 0.6) is 0 Å². The minimum absolute atomic E-state index is 0.122. The fourth-order valence-electron chi connectivity index (χ4n) is 2.41. The van der Waals surface area contributed by atoms with E-state index in [1.807, 2.05) is 6.07 Å². The number of oxazole rings is 1. The first kappa shape index (κ1) is 17.0. The largest absolute Gasteiger partial charge is 0.419 e. The van der Waals surface area contributed by atoms with Crippen LogP contribution in [0.3, 0.4) is 0 Å². The molecule has 0 atom stereocenters. The van der Waals surface area contributed by atoms with Crippen LogP contribution < -0.4 is 10.2 Å². The summed E-state index contributed by atoms with van der Waals surface area (Å²) >= 11 is 0. The number of benzene rings is 1. The van der Waals surface area contributed by atoms with E-state index in [1.54, 1.807) is 18.2 Å². The van der Waals surface area contributed by atoms with Gasteiger partial charge in [0.05, 0.1) is 25.2 Å². The number of nitriles is 1. The molecule has 0 aliphatic carbocycles. The summed E-state index contributed by atoms with van der Waals surface area (Å²) in [6.45, 7) is 8.26. The lowest BCUT2D eigenvalue weighted by Gasteiger charge is -2.14. The summed E-state index contributed by atoms with van der Waals surface area (Å²) in [7, 11) is 0. The highest BCUT2D eigenvalue weighted by atomic mass is 19.1. The lowest BCUT2D eigenvalue weighted by Crippen LogP contribution is -3.11. The molecule has 0 unspecified atom stereocenters. The number of nitrogens with zero attached hydrogens (tertiary/aromatic N) is 2. The van der Waals surface area contributed by atoms with Crippen molar-refractivity contribution in [2.45, 2.75) is 20.3 Å². The van der Waals surface area contributed by atoms with Gasteiger partial charge < -0.3 is 14.6 Å². The molecule has 23 heavy (non-hydrogen) atoms. The van der Waals surface area contributed by atoms with Crippen LogP contribution in [0.1, 0.15) is 26.0 Å². The van der Waals surface area contributed by atoms with Crippen molar-refractivity contribution in [1.82, 2.24) is 4.98 Å². The second-order valence-electron chi connectivity index (χ2n) is 5.28. The van der Waals surface area contributed by atoms with Gasteiger partial charge in [-0.3, -0.25) is 0 Å². The highest BCUT2D eigenvalue weighted by molar-refractivity contribution is 5.59. The fraction of sp³-hybridized carbons (Fsp3) is 0.412. The Kier molecular flexibility index (Phi) is 6.12. The first-order valence-electron chi connectivity index (χ1n) is 7.92. The minimum atomic E-state index is -0.421. The number of rotatable bonds is 8. The third kappa shape index (κ3) is 4.30. The molecule has 2 rings (SSSR count). The molecule has 5 nitrogen and oxygen atoms in total. The number of hydrogen-bond acceptors (Lipinski definition) is 4. The summed E-state index contributed by atoms with van der Waals surface area (Å²) in [6, 6.07) is 8.20. The molecule has 1 aromatic carbocycles. The van der Waals surface area contributed by atoms with Gasteiger partial charge in [0.25, 0.3) is 0 Å². The number of aromatic nitrogens is 1. The molecule has 1 aromatic heterocycles. The molecule has 0 bridgehead atoms. The van der Waals surface area contributed by atoms with Gasteiger partial charge in [-0.25, -0.2) is 4.39 Å². The molecule has 0 radical (unpaired) electrons. The maximum atomic E-state index is 13.8. The summed E-state index contributed by atoms with van der Waals surface area (Å²) < 4.78 is 19.3. The summed E-state index contributed by atoms with van der Waals surface area (Å²) in [6.07, 6.45) is 0.956. The highest BCUT2D eigenvalue weighted by Crippen LogP contribution is 2.26. The number of halogens is 1. The molecule has 0 saturated heterocycles. The van der Waals surface area contributed by atoms with Gasteiger partial charge in [-0.2, -0.15) is 10.2 Å². The van der Waals surface area contributed by atoms with Crippen LogP contribution in [-0.2, 0) is 0 Å². The van der Waals surface area contributed by atoms with E-state index in [-0.39, 0.29) is 17.1 Å². The Morgan fingerprint density at radius 1 is 1.30 bits per heavy atom. The molecule has 6 heteroatoms. The lowest BCUT2D eigenvalue weighted by atomic mass is 10.2. The maximum absolute atomic E-state index is 13.8. The van der Waals surface area contributed by atoms with E-state index < -0.39 is 5.82 Å². The van der Waals surface area contributed by atoms with Crippen LogP contribution in [0, 0.1) is 17.1 Å². The molecule has 2 aromatic rings. The van der Waals surface area contributed by atoms with Crippen molar-refractivity contribution in [3.8, 4) is 17.5 Å². The van der Waals surface area contributed by atoms with E-state index in [4.69, 9.17) is 9.68 Å². The van der Waals surface area contributed by atoms with Crippen molar-refractivity contribution >= 4 is 5.88 Å². The van der Waals surface area contributed by atoms with E-state index in [0.717, 1.165) is 26.1 Å². The van der Waals surface area contributed by atoms with E-state index in [2.05, 4.69) is 24.1 Å². The average molecular weight is 317 g/mol. The maximum Gasteiger partial charge on any atom is 0.233 e. The summed E-state index contributed by atoms with van der Waals surface area (Å²) in [4.78, 5) is 5.60. The normalized spacial score (nSPS) is 10.7. The molecular weight excluding hydrogens is 295 g/mol. The number of hydrogen-bond donors (Lipinski definition) is 2. The predicted octanol–water partition coefficient (Wildman–Crippen LogP) is 2.08. The van der Waals surface area contributed by atoms with E-state index in [9.17, 15) is 4.39 Å².